The van der Waals surface area contributed by atoms with Crippen molar-refractivity contribution >= 4 is 35.1 Å². The van der Waals surface area contributed by atoms with Crippen LogP contribution in [0.1, 0.15) is 63.0 Å². The number of fused-ring (bicyclic) bond motifs is 2. The Hall–Kier alpha value is -2.15. The maximum absolute atomic E-state index is 12.8. The number of hydrogen-bond acceptors (Lipinski definition) is 5. The minimum Gasteiger partial charge on any atom is -0.491 e. The highest BCUT2D eigenvalue weighted by Crippen LogP contribution is 2.43. The van der Waals surface area contributed by atoms with Gasteiger partial charge in [-0.2, -0.15) is 0 Å². The fourth-order valence-electron chi connectivity index (χ4n) is 6.21. The summed E-state index contributed by atoms with van der Waals surface area (Å²) < 4.78 is 15.5. The summed E-state index contributed by atoms with van der Waals surface area (Å²) >= 11 is 7.81. The molecule has 2 bridgehead atoms. The third kappa shape index (κ3) is 6.61. The standard InChI is InChI=1S/C32H41ClN2O3S/c1-4-7-22-16-25(33)11-14-27(22)24-19-35-18-23-10-13-28(23)30(37-3)9-6-5-8-21(2)32(36)34-39-26-12-15-31(38-20-24)29(35)17-26/h6,9,11-12,14-17,21,23-24,28,30H,4-5,7-8,10,13,18-20H2,1-3H3,(H,34,36)/b9-6+/t21-,23?,24?,28?,30?/m0/s1. The van der Waals surface area contributed by atoms with Gasteiger partial charge in [-0.3, -0.25) is 9.52 Å². The fraction of sp³-hybridized carbons (Fsp3) is 0.531. The number of ether oxygens (including phenoxy) is 2. The number of benzene rings is 2. The highest BCUT2D eigenvalue weighted by Gasteiger charge is 2.38. The highest BCUT2D eigenvalue weighted by molar-refractivity contribution is 7.98. The Bertz CT molecular complexity index is 1190. The molecular weight excluding hydrogens is 528 g/mol. The molecule has 2 aliphatic heterocycles. The third-order valence-corrected chi connectivity index (χ3v) is 9.68. The quantitative estimate of drug-likeness (QED) is 0.307. The molecule has 7 heteroatoms. The van der Waals surface area contributed by atoms with Gasteiger partial charge in [0.15, 0.2) is 0 Å². The molecule has 5 rings (SSSR count). The van der Waals surface area contributed by atoms with E-state index in [2.05, 4.69) is 59.0 Å². The molecule has 4 unspecified atom stereocenters. The minimum atomic E-state index is -0.0504. The van der Waals surface area contributed by atoms with Crippen LogP contribution in [0.5, 0.6) is 5.75 Å². The van der Waals surface area contributed by atoms with E-state index in [-0.39, 0.29) is 23.8 Å². The van der Waals surface area contributed by atoms with Crippen molar-refractivity contribution in [3.63, 3.8) is 0 Å². The van der Waals surface area contributed by atoms with Gasteiger partial charge in [0.25, 0.3) is 0 Å². The van der Waals surface area contributed by atoms with Gasteiger partial charge in [0, 0.05) is 42.0 Å². The second kappa shape index (κ2) is 13.0. The smallest absolute Gasteiger partial charge is 0.232 e. The Kier molecular flexibility index (Phi) is 9.47. The number of carbonyl (C=O) groups excluding carboxylic acids is 1. The summed E-state index contributed by atoms with van der Waals surface area (Å²) in [6.45, 7) is 6.67. The van der Waals surface area contributed by atoms with Crippen LogP contribution in [0.25, 0.3) is 0 Å². The van der Waals surface area contributed by atoms with Gasteiger partial charge in [-0.25, -0.2) is 0 Å². The second-order valence-corrected chi connectivity index (χ2v) is 12.6. The maximum atomic E-state index is 12.8. The van der Waals surface area contributed by atoms with Crippen LogP contribution in [0.2, 0.25) is 5.02 Å². The lowest BCUT2D eigenvalue weighted by molar-refractivity contribution is -0.122. The molecule has 1 N–H and O–H groups in total. The molecule has 1 aliphatic carbocycles. The van der Waals surface area contributed by atoms with Crippen molar-refractivity contribution in [2.45, 2.75) is 69.3 Å². The number of amides is 1. The van der Waals surface area contributed by atoms with Crippen molar-refractivity contribution in [3.05, 3.63) is 64.7 Å². The normalized spacial score (nSPS) is 28.4. The molecule has 2 aromatic carbocycles. The summed E-state index contributed by atoms with van der Waals surface area (Å²) in [6, 6.07) is 12.6. The summed E-state index contributed by atoms with van der Waals surface area (Å²) in [7, 11) is 1.82. The van der Waals surface area contributed by atoms with Crippen molar-refractivity contribution in [1.82, 2.24) is 4.72 Å². The van der Waals surface area contributed by atoms with Gasteiger partial charge in [0.05, 0.1) is 18.4 Å². The van der Waals surface area contributed by atoms with Crippen LogP contribution in [-0.2, 0) is 16.0 Å². The summed E-state index contributed by atoms with van der Waals surface area (Å²) in [5.41, 5.74) is 3.76. The summed E-state index contributed by atoms with van der Waals surface area (Å²) in [5, 5.41) is 0.791. The molecule has 3 aliphatic rings. The molecular formula is C32H41ClN2O3S. The highest BCUT2D eigenvalue weighted by atomic mass is 35.5. The second-order valence-electron chi connectivity index (χ2n) is 11.3. The molecule has 2 heterocycles. The number of hydrogen-bond donors (Lipinski definition) is 1. The van der Waals surface area contributed by atoms with Gasteiger partial charge < -0.3 is 14.4 Å². The first kappa shape index (κ1) is 28.4. The van der Waals surface area contributed by atoms with Crippen molar-refractivity contribution < 1.29 is 14.3 Å². The monoisotopic (exact) mass is 568 g/mol. The Balaban J connectivity index is 1.49. The molecule has 39 heavy (non-hydrogen) atoms. The third-order valence-electron chi connectivity index (χ3n) is 8.65. The molecule has 5 nitrogen and oxygen atoms in total. The number of methoxy groups -OCH3 is 1. The van der Waals surface area contributed by atoms with E-state index in [1.165, 1.54) is 35.9 Å². The number of rotatable bonds is 4. The molecule has 2 aromatic rings. The first-order valence-electron chi connectivity index (χ1n) is 14.4. The van der Waals surface area contributed by atoms with E-state index in [0.29, 0.717) is 18.4 Å². The number of anilines is 1. The first-order chi connectivity index (χ1) is 19.0. The van der Waals surface area contributed by atoms with E-state index in [1.54, 1.807) is 0 Å². The lowest BCUT2D eigenvalue weighted by atomic mass is 9.70. The van der Waals surface area contributed by atoms with E-state index >= 15 is 0 Å². The summed E-state index contributed by atoms with van der Waals surface area (Å²) in [5.74, 6) is 2.20. The van der Waals surface area contributed by atoms with E-state index in [4.69, 9.17) is 21.1 Å². The van der Waals surface area contributed by atoms with Gasteiger partial charge >= 0.3 is 0 Å². The Labute approximate surface area is 242 Å². The van der Waals surface area contributed by atoms with Crippen LogP contribution >= 0.6 is 23.5 Å². The Morgan fingerprint density at radius 1 is 1.15 bits per heavy atom. The zero-order valence-electron chi connectivity index (χ0n) is 23.3. The van der Waals surface area contributed by atoms with Crippen LogP contribution in [0.3, 0.4) is 0 Å². The van der Waals surface area contributed by atoms with Gasteiger partial charge in [-0.15, -0.1) is 0 Å². The molecule has 0 radical (unpaired) electrons. The van der Waals surface area contributed by atoms with Gasteiger partial charge in [-0.1, -0.05) is 50.1 Å². The van der Waals surface area contributed by atoms with Crippen molar-refractivity contribution in [3.8, 4) is 5.75 Å². The van der Waals surface area contributed by atoms with Crippen molar-refractivity contribution in [2.24, 2.45) is 17.8 Å². The number of halogens is 1. The topological polar surface area (TPSA) is 50.8 Å². The number of carbonyl (C=O) groups is 1. The number of nitrogens with one attached hydrogen (secondary N) is 1. The predicted octanol–water partition coefficient (Wildman–Crippen LogP) is 7.43. The van der Waals surface area contributed by atoms with Crippen LogP contribution in [0, 0.1) is 17.8 Å². The largest absolute Gasteiger partial charge is 0.491 e. The van der Waals surface area contributed by atoms with E-state index in [0.717, 1.165) is 60.1 Å². The number of aryl methyl sites for hydroxylation is 1. The molecule has 1 saturated carbocycles. The average molecular weight is 569 g/mol. The summed E-state index contributed by atoms with van der Waals surface area (Å²) in [6.07, 6.45) is 10.7. The van der Waals surface area contributed by atoms with Gasteiger partial charge in [-0.05, 0) is 97.3 Å². The van der Waals surface area contributed by atoms with Gasteiger partial charge in [0.2, 0.25) is 5.91 Å². The van der Waals surface area contributed by atoms with Crippen molar-refractivity contribution in [2.75, 3.05) is 31.7 Å². The van der Waals surface area contributed by atoms with Crippen LogP contribution < -0.4 is 14.4 Å². The van der Waals surface area contributed by atoms with Crippen LogP contribution in [-0.4, -0.2) is 38.8 Å². The first-order valence-corrected chi connectivity index (χ1v) is 15.6. The van der Waals surface area contributed by atoms with E-state index in [1.807, 2.05) is 20.1 Å². The van der Waals surface area contributed by atoms with Crippen molar-refractivity contribution in [1.29, 1.82) is 0 Å². The minimum absolute atomic E-state index is 0.0504. The molecule has 1 amide bonds. The molecule has 5 atom stereocenters. The van der Waals surface area contributed by atoms with Crippen LogP contribution in [0.15, 0.2) is 53.4 Å². The zero-order valence-corrected chi connectivity index (χ0v) is 24.9. The average Bonchev–Trinajstić information content (AvgIpc) is 3.10. The van der Waals surface area contributed by atoms with Crippen LogP contribution in [0.4, 0.5) is 5.69 Å². The lowest BCUT2D eigenvalue weighted by Crippen LogP contribution is -2.44. The molecule has 1 fully saturated rings. The zero-order chi connectivity index (χ0) is 27.4. The SMILES string of the molecule is CCCc1cc(Cl)ccc1C1COc2ccc3cc2N(C1)CC1CCC1C(OC)/C=C/CC[C@H](C)C(=O)NS3. The molecule has 0 spiro atoms. The molecule has 0 aromatic heterocycles. The molecule has 210 valence electrons. The van der Waals surface area contributed by atoms with Gasteiger partial charge in [0.1, 0.15) is 5.75 Å². The fourth-order valence-corrected chi connectivity index (χ4v) is 7.13. The predicted molar refractivity (Wildman–Crippen MR) is 161 cm³/mol. The summed E-state index contributed by atoms with van der Waals surface area (Å²) in [4.78, 5) is 16.3. The van der Waals surface area contributed by atoms with E-state index in [9.17, 15) is 4.79 Å². The number of allylic oxidation sites excluding steroid dienone is 1. The lowest BCUT2D eigenvalue weighted by Gasteiger charge is -2.43. The number of nitrogens with zero attached hydrogens (tertiary/aromatic N) is 1. The Morgan fingerprint density at radius 2 is 2.03 bits per heavy atom. The maximum Gasteiger partial charge on any atom is 0.232 e. The molecule has 0 saturated heterocycles. The Morgan fingerprint density at radius 3 is 2.79 bits per heavy atom. The van der Waals surface area contributed by atoms with E-state index < -0.39 is 0 Å².